The fourth-order valence-corrected chi connectivity index (χ4v) is 8.84. The molecule has 2 aliphatic heterocycles. The normalized spacial score (nSPS) is 28.9. The Bertz CT molecular complexity index is 2360. The second kappa shape index (κ2) is 18.3. The maximum absolute atomic E-state index is 14.2. The maximum Gasteiger partial charge on any atom is 0.255 e. The molecule has 2 amide bonds. The van der Waals surface area contributed by atoms with Crippen molar-refractivity contribution in [1.29, 1.82) is 0 Å². The Morgan fingerprint density at radius 2 is 1.53 bits per heavy atom. The van der Waals surface area contributed by atoms with Gasteiger partial charge in [-0.2, -0.15) is 0 Å². The number of aromatic hydroxyl groups is 3. The predicted octanol–water partition coefficient (Wildman–Crippen LogP) is 0.220. The van der Waals surface area contributed by atoms with Gasteiger partial charge in [-0.05, 0) is 63.1 Å². The Balaban J connectivity index is 1.34. The number of rotatable bonds is 12. The summed E-state index contributed by atoms with van der Waals surface area (Å²) in [7, 11) is 2.83. The molecule has 20 heteroatoms. The van der Waals surface area contributed by atoms with Gasteiger partial charge in [-0.15, -0.1) is 0 Å². The Morgan fingerprint density at radius 1 is 0.859 bits per heavy atom. The highest BCUT2D eigenvalue weighted by Crippen LogP contribution is 2.57. The quantitative estimate of drug-likeness (QED) is 0.0848. The van der Waals surface area contributed by atoms with Gasteiger partial charge in [0, 0.05) is 34.9 Å². The number of aliphatic hydroxyl groups is 5. The van der Waals surface area contributed by atoms with E-state index in [1.165, 1.54) is 33.1 Å². The van der Waals surface area contributed by atoms with E-state index < -0.39 is 137 Å². The minimum atomic E-state index is -1.87. The highest BCUT2D eigenvalue weighted by molar-refractivity contribution is 6.31. The molecule has 20 nitrogen and oxygen atoms in total. The SMILES string of the molecule is CCCCNC(=O)C(C)NC(=O)c1c(C)cc2c(c1O)-c1c(cc3c(c1O)C(=O)c1cc(OC)cc(O)c1C3=O)C(O)C2OC1OC(C)C(NC)C(OC2OCC(O)C(O)C2O)C1O. The predicted molar refractivity (Wildman–Crippen MR) is 221 cm³/mol. The number of nitrogens with one attached hydrogen (secondary N) is 3. The smallest absolute Gasteiger partial charge is 0.255 e. The van der Waals surface area contributed by atoms with E-state index in [0.717, 1.165) is 18.6 Å². The molecule has 0 spiro atoms. The number of amides is 2. The third-order valence-electron chi connectivity index (χ3n) is 12.3. The number of likely N-dealkylation sites (N-methyl/N-ethyl adjacent to an activating group) is 1. The molecular weight excluding hydrogens is 842 g/mol. The van der Waals surface area contributed by atoms with Gasteiger partial charge >= 0.3 is 0 Å². The lowest BCUT2D eigenvalue weighted by molar-refractivity contribution is -0.339. The van der Waals surface area contributed by atoms with Crippen molar-refractivity contribution in [2.45, 2.75) is 114 Å². The van der Waals surface area contributed by atoms with Crippen molar-refractivity contribution >= 4 is 23.4 Å². The van der Waals surface area contributed by atoms with Gasteiger partial charge in [0.05, 0.1) is 42.6 Å². The van der Waals surface area contributed by atoms with Crippen LogP contribution in [0.15, 0.2) is 24.3 Å². The number of aryl methyl sites for hydroxylation is 1. The van der Waals surface area contributed by atoms with Crippen LogP contribution in [0.4, 0.5) is 0 Å². The lowest BCUT2D eigenvalue weighted by Gasteiger charge is -2.47. The van der Waals surface area contributed by atoms with Gasteiger partial charge in [-0.3, -0.25) is 19.2 Å². The number of ether oxygens (including phenoxy) is 5. The fourth-order valence-electron chi connectivity index (χ4n) is 8.84. The number of carbonyl (C=O) groups excluding carboxylic acids is 4. The second-order valence-electron chi connectivity index (χ2n) is 16.4. The van der Waals surface area contributed by atoms with E-state index in [2.05, 4.69) is 16.0 Å². The average molecular weight is 896 g/mol. The number of fused-ring (bicyclic) bond motifs is 5. The largest absolute Gasteiger partial charge is 0.507 e. The molecule has 2 aliphatic carbocycles. The summed E-state index contributed by atoms with van der Waals surface area (Å²) in [4.78, 5) is 55.1. The standard InChI is InChI=1S/C44H53N3O17/c1-7-8-9-46-41(58)16(3)47-42(59)25-15(2)10-22-28(35(25)54)27-20(13-21-29(36(27)55)32(51)19-11-18(60-6)12-23(48)26(19)31(21)50)33(52)39(22)63-44-38(57)40(30(45-5)17(4)62-44)64-43-37(56)34(53)24(49)14-61-43/h10-13,16-17,24,30,33-34,37-40,43-45,48-49,52-57H,7-9,14H2,1-6H3,(H,46,58)(H,47,59). The molecule has 12 atom stereocenters. The van der Waals surface area contributed by atoms with Crippen LogP contribution in [0.2, 0.25) is 0 Å². The summed E-state index contributed by atoms with van der Waals surface area (Å²) in [6.07, 6.45) is -13.9. The molecule has 3 aromatic carbocycles. The Kier molecular flexibility index (Phi) is 13.4. The molecule has 4 aliphatic rings. The molecule has 64 heavy (non-hydrogen) atoms. The Morgan fingerprint density at radius 3 is 2.20 bits per heavy atom. The van der Waals surface area contributed by atoms with Crippen LogP contribution >= 0.6 is 0 Å². The zero-order chi connectivity index (χ0) is 46.6. The van der Waals surface area contributed by atoms with Crippen molar-refractivity contribution in [3.05, 3.63) is 68.8 Å². The lowest BCUT2D eigenvalue weighted by Crippen LogP contribution is -2.65. The van der Waals surface area contributed by atoms with E-state index in [9.17, 15) is 60.0 Å². The molecule has 11 N–H and O–H groups in total. The summed E-state index contributed by atoms with van der Waals surface area (Å²) in [6.45, 7) is 6.43. The molecule has 0 radical (unpaired) electrons. The number of unbranched alkanes of at least 4 members (excludes halogenated alkanes) is 1. The number of phenols is 3. The van der Waals surface area contributed by atoms with E-state index in [4.69, 9.17) is 23.7 Å². The van der Waals surface area contributed by atoms with Gasteiger partial charge in [0.15, 0.2) is 24.1 Å². The Hall–Kier alpha value is -5.26. The minimum absolute atomic E-state index is 0.0325. The van der Waals surface area contributed by atoms with Crippen LogP contribution < -0.4 is 20.7 Å². The molecule has 12 unspecified atom stereocenters. The number of methoxy groups -OCH3 is 1. The number of hydrogen-bond donors (Lipinski definition) is 11. The summed E-state index contributed by atoms with van der Waals surface area (Å²) in [5.74, 6) is -5.39. The summed E-state index contributed by atoms with van der Waals surface area (Å²) < 4.78 is 29.2. The van der Waals surface area contributed by atoms with Crippen LogP contribution in [-0.2, 0) is 23.7 Å². The minimum Gasteiger partial charge on any atom is -0.507 e. The molecule has 0 bridgehead atoms. The van der Waals surface area contributed by atoms with Gasteiger partial charge in [-0.25, -0.2) is 0 Å². The van der Waals surface area contributed by atoms with Crippen molar-refractivity contribution in [2.24, 2.45) is 0 Å². The monoisotopic (exact) mass is 895 g/mol. The molecule has 2 fully saturated rings. The number of carbonyl (C=O) groups is 4. The van der Waals surface area contributed by atoms with E-state index in [-0.39, 0.29) is 44.7 Å². The zero-order valence-electron chi connectivity index (χ0n) is 35.8. The Labute approximate surface area is 366 Å². The number of benzene rings is 3. The molecular formula is C44H53N3O17. The third kappa shape index (κ3) is 7.97. The van der Waals surface area contributed by atoms with Crippen LogP contribution in [0.25, 0.3) is 11.1 Å². The summed E-state index contributed by atoms with van der Waals surface area (Å²) >= 11 is 0. The van der Waals surface area contributed by atoms with Gasteiger partial charge in [0.1, 0.15) is 71.8 Å². The van der Waals surface area contributed by atoms with Gasteiger partial charge < -0.3 is 80.5 Å². The van der Waals surface area contributed by atoms with Crippen molar-refractivity contribution in [2.75, 3.05) is 27.3 Å². The van der Waals surface area contributed by atoms with Gasteiger partial charge in [0.25, 0.3) is 5.91 Å². The van der Waals surface area contributed by atoms with Crippen molar-refractivity contribution in [3.63, 3.8) is 0 Å². The van der Waals surface area contributed by atoms with Crippen molar-refractivity contribution < 1.29 is 83.7 Å². The van der Waals surface area contributed by atoms with E-state index in [0.29, 0.717) is 13.0 Å². The van der Waals surface area contributed by atoms with E-state index in [1.54, 1.807) is 14.0 Å². The first-order valence-electron chi connectivity index (χ1n) is 20.9. The van der Waals surface area contributed by atoms with Gasteiger partial charge in [-0.1, -0.05) is 19.4 Å². The highest BCUT2D eigenvalue weighted by Gasteiger charge is 2.51. The van der Waals surface area contributed by atoms with Gasteiger partial charge in [0.2, 0.25) is 5.91 Å². The van der Waals surface area contributed by atoms with Crippen LogP contribution in [0.1, 0.15) is 105 Å². The molecule has 2 heterocycles. The van der Waals surface area contributed by atoms with Crippen LogP contribution in [0, 0.1) is 6.92 Å². The highest BCUT2D eigenvalue weighted by atomic mass is 16.7. The first-order chi connectivity index (χ1) is 30.4. The van der Waals surface area contributed by atoms with Crippen LogP contribution in [0.3, 0.4) is 0 Å². The first-order valence-corrected chi connectivity index (χ1v) is 20.9. The van der Waals surface area contributed by atoms with E-state index >= 15 is 0 Å². The zero-order valence-corrected chi connectivity index (χ0v) is 35.8. The van der Waals surface area contributed by atoms with E-state index in [1.807, 2.05) is 6.92 Å². The van der Waals surface area contributed by atoms with Crippen molar-refractivity contribution in [3.8, 4) is 34.1 Å². The van der Waals surface area contributed by atoms with Crippen molar-refractivity contribution in [1.82, 2.24) is 16.0 Å². The number of phenolic OH excluding ortho intramolecular Hbond substituents is 3. The molecule has 2 saturated heterocycles. The summed E-state index contributed by atoms with van der Waals surface area (Å²) in [5.41, 5.74) is -2.90. The number of hydrogen-bond acceptors (Lipinski definition) is 18. The lowest BCUT2D eigenvalue weighted by atomic mass is 9.74. The fraction of sp³-hybridized carbons (Fsp3) is 0.500. The molecule has 3 aromatic rings. The second-order valence-corrected chi connectivity index (χ2v) is 16.4. The maximum atomic E-state index is 14.2. The average Bonchev–Trinajstić information content (AvgIpc) is 3.25. The topological polar surface area (TPSA) is 312 Å². The van der Waals surface area contributed by atoms with Crippen LogP contribution in [0.5, 0.6) is 23.0 Å². The number of aliphatic hydroxyl groups excluding tert-OH is 5. The van der Waals surface area contributed by atoms with Crippen LogP contribution in [-0.4, -0.2) is 153 Å². The summed E-state index contributed by atoms with van der Waals surface area (Å²) in [6, 6.07) is 2.95. The third-order valence-corrected chi connectivity index (χ3v) is 12.3. The molecule has 0 aromatic heterocycles. The molecule has 7 rings (SSSR count). The summed E-state index contributed by atoms with van der Waals surface area (Å²) in [5, 5.41) is 98.6. The first kappa shape index (κ1) is 46.7. The number of ketones is 2. The molecule has 0 saturated carbocycles. The molecule has 346 valence electrons.